The molecule has 0 aliphatic heterocycles. The average Bonchev–Trinajstić information content (AvgIpc) is 2.47. The van der Waals surface area contributed by atoms with Gasteiger partial charge < -0.3 is 4.74 Å². The molecular weight excluding hydrogens is 398 g/mol. The van der Waals surface area contributed by atoms with Crippen LogP contribution < -0.4 is 4.74 Å². The van der Waals surface area contributed by atoms with E-state index in [0.717, 1.165) is 19.9 Å². The van der Waals surface area contributed by atoms with Gasteiger partial charge >= 0.3 is 6.18 Å². The van der Waals surface area contributed by atoms with Crippen LogP contribution in [0.5, 0.6) is 11.5 Å². The first-order valence-corrected chi connectivity index (χ1v) is 9.27. The van der Waals surface area contributed by atoms with Crippen LogP contribution in [0.2, 0.25) is 0 Å². The van der Waals surface area contributed by atoms with Gasteiger partial charge in [-0.3, -0.25) is 0 Å². The fraction of sp³-hybridized carbons (Fsp3) is 0.294. The molecule has 3 nitrogen and oxygen atoms in total. The highest BCUT2D eigenvalue weighted by atomic mass is 32.2. The molecule has 10 heteroatoms. The van der Waals surface area contributed by atoms with Crippen molar-refractivity contribution in [1.82, 2.24) is 0 Å². The molecule has 2 aromatic rings. The van der Waals surface area contributed by atoms with Crippen LogP contribution in [-0.4, -0.2) is 14.7 Å². The summed E-state index contributed by atoms with van der Waals surface area (Å²) in [5.74, 6) is -4.08. The number of rotatable bonds is 4. The van der Waals surface area contributed by atoms with E-state index in [2.05, 4.69) is 0 Å². The van der Waals surface area contributed by atoms with E-state index in [0.29, 0.717) is 30.5 Å². The van der Waals surface area contributed by atoms with E-state index >= 15 is 0 Å². The highest BCUT2D eigenvalue weighted by Crippen LogP contribution is 2.38. The van der Waals surface area contributed by atoms with Crippen molar-refractivity contribution in [3.63, 3.8) is 0 Å². The Bertz CT molecular complexity index is 943. The summed E-state index contributed by atoms with van der Waals surface area (Å²) in [4.78, 5) is -0.929. The molecule has 0 aliphatic carbocycles. The molecule has 0 atom stereocenters. The van der Waals surface area contributed by atoms with Crippen LogP contribution >= 0.6 is 0 Å². The second-order valence-corrected chi connectivity index (χ2v) is 8.29. The van der Waals surface area contributed by atoms with Crippen LogP contribution in [0.3, 0.4) is 0 Å². The standard InChI is InChI=1S/C17H14F6O3S/c1-16(2,20)9-4-10(17(21,22)23)6-11(5-9)26-14-7-13(19)15(8-12(14)18)27(3,24)25/h4-8H,1-3H3. The van der Waals surface area contributed by atoms with E-state index in [-0.39, 0.29) is 5.56 Å². The second-order valence-electron chi connectivity index (χ2n) is 6.30. The molecule has 0 saturated carbocycles. The van der Waals surface area contributed by atoms with Crippen molar-refractivity contribution in [2.45, 2.75) is 30.6 Å². The van der Waals surface area contributed by atoms with Crippen molar-refractivity contribution in [3.05, 3.63) is 53.1 Å². The molecule has 0 heterocycles. The van der Waals surface area contributed by atoms with Gasteiger partial charge in [-0.15, -0.1) is 0 Å². The first kappa shape index (κ1) is 21.1. The Kier molecular flexibility index (Phi) is 5.26. The van der Waals surface area contributed by atoms with Crippen molar-refractivity contribution >= 4 is 9.84 Å². The van der Waals surface area contributed by atoms with Crippen LogP contribution in [0, 0.1) is 11.6 Å². The third kappa shape index (κ3) is 4.94. The lowest BCUT2D eigenvalue weighted by molar-refractivity contribution is -0.137. The SMILES string of the molecule is CC(C)(F)c1cc(Oc2cc(F)c(S(C)(=O)=O)cc2F)cc(C(F)(F)F)c1. The zero-order valence-corrected chi connectivity index (χ0v) is 15.1. The summed E-state index contributed by atoms with van der Waals surface area (Å²) in [5.41, 5.74) is -3.79. The van der Waals surface area contributed by atoms with Gasteiger partial charge in [0.25, 0.3) is 0 Å². The van der Waals surface area contributed by atoms with E-state index in [9.17, 15) is 34.8 Å². The lowest BCUT2D eigenvalue weighted by Crippen LogP contribution is -2.13. The van der Waals surface area contributed by atoms with Gasteiger partial charge in [0.2, 0.25) is 0 Å². The third-order valence-corrected chi connectivity index (χ3v) is 4.65. The maximum absolute atomic E-state index is 14.1. The fourth-order valence-corrected chi connectivity index (χ4v) is 2.90. The molecule has 0 N–H and O–H groups in total. The third-order valence-electron chi connectivity index (χ3n) is 3.53. The van der Waals surface area contributed by atoms with Gasteiger partial charge in [0, 0.05) is 12.3 Å². The number of ether oxygens (including phenoxy) is 1. The van der Waals surface area contributed by atoms with Gasteiger partial charge in [-0.05, 0) is 43.7 Å². The quantitative estimate of drug-likeness (QED) is 0.633. The average molecular weight is 412 g/mol. The molecule has 27 heavy (non-hydrogen) atoms. The summed E-state index contributed by atoms with van der Waals surface area (Å²) in [7, 11) is -4.07. The molecule has 0 aliphatic rings. The predicted molar refractivity (Wildman–Crippen MR) is 85.1 cm³/mol. The number of hydrogen-bond acceptors (Lipinski definition) is 3. The Balaban J connectivity index is 2.56. The van der Waals surface area contributed by atoms with E-state index in [1.807, 2.05) is 0 Å². The van der Waals surface area contributed by atoms with Crippen molar-refractivity contribution in [2.75, 3.05) is 6.26 Å². The molecule has 2 aromatic carbocycles. The van der Waals surface area contributed by atoms with Gasteiger partial charge in [-0.1, -0.05) is 0 Å². The lowest BCUT2D eigenvalue weighted by Gasteiger charge is -2.19. The molecule has 2 rings (SSSR count). The van der Waals surface area contributed by atoms with Crippen molar-refractivity contribution in [1.29, 1.82) is 0 Å². The van der Waals surface area contributed by atoms with Crippen LogP contribution in [0.25, 0.3) is 0 Å². The molecule has 0 bridgehead atoms. The predicted octanol–water partition coefficient (Wildman–Crippen LogP) is 5.38. The van der Waals surface area contributed by atoms with Gasteiger partial charge in [0.1, 0.15) is 22.1 Å². The Labute approximate surface area is 151 Å². The topological polar surface area (TPSA) is 43.4 Å². The molecule has 148 valence electrons. The minimum atomic E-state index is -4.83. The zero-order valence-electron chi connectivity index (χ0n) is 14.3. The summed E-state index contributed by atoms with van der Waals surface area (Å²) in [5, 5.41) is 0. The highest BCUT2D eigenvalue weighted by Gasteiger charge is 2.33. The largest absolute Gasteiger partial charge is 0.454 e. The van der Waals surface area contributed by atoms with E-state index < -0.39 is 55.3 Å². The smallest absolute Gasteiger partial charge is 0.416 e. The summed E-state index contributed by atoms with van der Waals surface area (Å²) >= 11 is 0. The number of alkyl halides is 4. The number of benzene rings is 2. The first-order valence-electron chi connectivity index (χ1n) is 7.37. The van der Waals surface area contributed by atoms with Gasteiger partial charge in [0.15, 0.2) is 21.4 Å². The maximum atomic E-state index is 14.1. The summed E-state index contributed by atoms with van der Waals surface area (Å²) < 4.78 is 109. The van der Waals surface area contributed by atoms with Crippen LogP contribution in [0.4, 0.5) is 26.3 Å². The monoisotopic (exact) mass is 412 g/mol. The lowest BCUT2D eigenvalue weighted by atomic mass is 9.97. The molecule has 0 unspecified atom stereocenters. The first-order chi connectivity index (χ1) is 12.1. The van der Waals surface area contributed by atoms with E-state index in [4.69, 9.17) is 4.74 Å². The summed E-state index contributed by atoms with van der Waals surface area (Å²) in [6.07, 6.45) is -4.17. The molecule has 0 radical (unpaired) electrons. The molecule has 0 saturated heterocycles. The van der Waals surface area contributed by atoms with Crippen molar-refractivity contribution in [2.24, 2.45) is 0 Å². The summed E-state index contributed by atoms with van der Waals surface area (Å²) in [6.45, 7) is 2.04. The van der Waals surface area contributed by atoms with Gasteiger partial charge in [-0.2, -0.15) is 13.2 Å². The Hall–Kier alpha value is -2.23. The maximum Gasteiger partial charge on any atom is 0.416 e. The van der Waals surface area contributed by atoms with Gasteiger partial charge in [0.05, 0.1) is 5.56 Å². The van der Waals surface area contributed by atoms with E-state index in [1.165, 1.54) is 0 Å². The van der Waals surface area contributed by atoms with Crippen LogP contribution in [0.1, 0.15) is 25.0 Å². The van der Waals surface area contributed by atoms with Crippen molar-refractivity contribution in [3.8, 4) is 11.5 Å². The van der Waals surface area contributed by atoms with Crippen molar-refractivity contribution < 1.29 is 39.5 Å². The van der Waals surface area contributed by atoms with Crippen LogP contribution in [-0.2, 0) is 21.7 Å². The highest BCUT2D eigenvalue weighted by molar-refractivity contribution is 7.90. The number of sulfone groups is 1. The van der Waals surface area contributed by atoms with Crippen LogP contribution in [0.15, 0.2) is 35.2 Å². The molecule has 0 fully saturated rings. The molecule has 0 amide bonds. The Morgan fingerprint density at radius 3 is 1.89 bits per heavy atom. The normalized spacial score (nSPS) is 12.9. The Morgan fingerprint density at radius 1 is 0.852 bits per heavy atom. The minimum absolute atomic E-state index is 0.355. The number of hydrogen-bond donors (Lipinski definition) is 0. The van der Waals surface area contributed by atoms with Gasteiger partial charge in [-0.25, -0.2) is 21.6 Å². The van der Waals surface area contributed by atoms with E-state index in [1.54, 1.807) is 0 Å². The zero-order chi connectivity index (χ0) is 20.8. The minimum Gasteiger partial charge on any atom is -0.454 e. The number of halogens is 6. The fourth-order valence-electron chi connectivity index (χ4n) is 2.16. The summed E-state index contributed by atoms with van der Waals surface area (Å²) in [6, 6.07) is 2.74. The molecule has 0 aromatic heterocycles. The molecular formula is C17H14F6O3S. The Morgan fingerprint density at radius 2 is 1.41 bits per heavy atom. The molecule has 0 spiro atoms. The second kappa shape index (κ2) is 6.74.